The zero-order chi connectivity index (χ0) is 15.9. The Morgan fingerprint density at radius 2 is 1.91 bits per heavy atom. The SMILES string of the molecule is COc1ccc(CN(C)C(=O)NCc2ccccc2)cc1F. The molecule has 0 aliphatic heterocycles. The van der Waals surface area contributed by atoms with Crippen LogP contribution in [0.15, 0.2) is 48.5 Å². The molecule has 1 N–H and O–H groups in total. The van der Waals surface area contributed by atoms with Crippen molar-refractivity contribution in [2.24, 2.45) is 0 Å². The second-order valence-corrected chi connectivity index (χ2v) is 4.97. The average Bonchev–Trinajstić information content (AvgIpc) is 2.53. The van der Waals surface area contributed by atoms with E-state index in [0.29, 0.717) is 18.7 Å². The lowest BCUT2D eigenvalue weighted by atomic mass is 10.2. The summed E-state index contributed by atoms with van der Waals surface area (Å²) in [5.74, 6) is -0.238. The molecule has 4 nitrogen and oxygen atoms in total. The van der Waals surface area contributed by atoms with E-state index in [0.717, 1.165) is 5.56 Å². The summed E-state index contributed by atoms with van der Waals surface area (Å²) in [6.45, 7) is 0.780. The van der Waals surface area contributed by atoms with Gasteiger partial charge in [-0.1, -0.05) is 36.4 Å². The Morgan fingerprint density at radius 1 is 1.18 bits per heavy atom. The van der Waals surface area contributed by atoms with Crippen molar-refractivity contribution in [1.82, 2.24) is 10.2 Å². The van der Waals surface area contributed by atoms with Crippen molar-refractivity contribution in [3.05, 3.63) is 65.5 Å². The number of carbonyl (C=O) groups excluding carboxylic acids is 1. The summed E-state index contributed by atoms with van der Waals surface area (Å²) < 4.78 is 18.5. The number of benzene rings is 2. The van der Waals surface area contributed by atoms with Crippen molar-refractivity contribution >= 4 is 6.03 Å². The second-order valence-electron chi connectivity index (χ2n) is 4.97. The van der Waals surface area contributed by atoms with Gasteiger partial charge in [-0.25, -0.2) is 9.18 Å². The van der Waals surface area contributed by atoms with Crippen molar-refractivity contribution in [1.29, 1.82) is 0 Å². The number of methoxy groups -OCH3 is 1. The predicted molar refractivity (Wildman–Crippen MR) is 83.1 cm³/mol. The fraction of sp³-hybridized carbons (Fsp3) is 0.235. The summed E-state index contributed by atoms with van der Waals surface area (Å²) in [5.41, 5.74) is 1.73. The van der Waals surface area contributed by atoms with Crippen molar-refractivity contribution in [2.45, 2.75) is 13.1 Å². The molecule has 0 atom stereocenters. The van der Waals surface area contributed by atoms with Crippen LogP contribution >= 0.6 is 0 Å². The van der Waals surface area contributed by atoms with Crippen LogP contribution in [-0.2, 0) is 13.1 Å². The fourth-order valence-electron chi connectivity index (χ4n) is 2.06. The van der Waals surface area contributed by atoms with Crippen LogP contribution in [0.4, 0.5) is 9.18 Å². The second kappa shape index (κ2) is 7.45. The molecule has 0 aliphatic rings. The molecule has 0 aliphatic carbocycles. The van der Waals surface area contributed by atoms with Crippen molar-refractivity contribution in [3.8, 4) is 5.75 Å². The Hall–Kier alpha value is -2.56. The topological polar surface area (TPSA) is 41.6 Å². The van der Waals surface area contributed by atoms with Crippen LogP contribution in [-0.4, -0.2) is 25.1 Å². The van der Waals surface area contributed by atoms with E-state index in [4.69, 9.17) is 4.74 Å². The standard InChI is InChI=1S/C17H19FN2O2/c1-20(12-14-8-9-16(22-2)15(18)10-14)17(21)19-11-13-6-4-3-5-7-13/h3-10H,11-12H2,1-2H3,(H,19,21). The first-order chi connectivity index (χ1) is 10.6. The zero-order valence-corrected chi connectivity index (χ0v) is 12.7. The Balaban J connectivity index is 1.89. The molecule has 0 heterocycles. The minimum atomic E-state index is -0.432. The number of nitrogens with one attached hydrogen (secondary N) is 1. The van der Waals surface area contributed by atoms with Gasteiger partial charge in [-0.15, -0.1) is 0 Å². The fourth-order valence-corrected chi connectivity index (χ4v) is 2.06. The maximum Gasteiger partial charge on any atom is 0.317 e. The Kier molecular flexibility index (Phi) is 5.36. The van der Waals surface area contributed by atoms with Crippen LogP contribution in [0.25, 0.3) is 0 Å². The lowest BCUT2D eigenvalue weighted by molar-refractivity contribution is 0.206. The third-order valence-electron chi connectivity index (χ3n) is 3.27. The van der Waals surface area contributed by atoms with E-state index in [2.05, 4.69) is 5.32 Å². The van der Waals surface area contributed by atoms with E-state index in [1.165, 1.54) is 18.1 Å². The zero-order valence-electron chi connectivity index (χ0n) is 12.7. The first-order valence-corrected chi connectivity index (χ1v) is 6.95. The van der Waals surface area contributed by atoms with Crippen LogP contribution < -0.4 is 10.1 Å². The highest BCUT2D eigenvalue weighted by Crippen LogP contribution is 2.18. The van der Waals surface area contributed by atoms with E-state index >= 15 is 0 Å². The third kappa shape index (κ3) is 4.22. The molecule has 0 fully saturated rings. The van der Waals surface area contributed by atoms with Gasteiger partial charge in [0, 0.05) is 20.1 Å². The van der Waals surface area contributed by atoms with Gasteiger partial charge in [0.25, 0.3) is 0 Å². The van der Waals surface area contributed by atoms with Gasteiger partial charge in [0.1, 0.15) is 0 Å². The lowest BCUT2D eigenvalue weighted by Gasteiger charge is -2.18. The van der Waals surface area contributed by atoms with Gasteiger partial charge in [0.15, 0.2) is 11.6 Å². The highest BCUT2D eigenvalue weighted by molar-refractivity contribution is 5.73. The quantitative estimate of drug-likeness (QED) is 0.921. The smallest absolute Gasteiger partial charge is 0.317 e. The molecule has 0 spiro atoms. The molecule has 22 heavy (non-hydrogen) atoms. The molecule has 0 unspecified atom stereocenters. The summed E-state index contributed by atoms with van der Waals surface area (Å²) in [6.07, 6.45) is 0. The van der Waals surface area contributed by atoms with Gasteiger partial charge in [-0.3, -0.25) is 0 Å². The number of nitrogens with zero attached hydrogens (tertiary/aromatic N) is 1. The first kappa shape index (κ1) is 15.8. The molecular formula is C17H19FN2O2. The summed E-state index contributed by atoms with van der Waals surface area (Å²) in [5, 5.41) is 2.82. The van der Waals surface area contributed by atoms with Gasteiger partial charge >= 0.3 is 6.03 Å². The van der Waals surface area contributed by atoms with Gasteiger partial charge in [0.2, 0.25) is 0 Å². The molecule has 0 saturated heterocycles. The Bertz CT molecular complexity index is 632. The van der Waals surface area contributed by atoms with E-state index in [1.807, 2.05) is 30.3 Å². The summed E-state index contributed by atoms with van der Waals surface area (Å²) in [4.78, 5) is 13.5. The number of hydrogen-bond acceptors (Lipinski definition) is 2. The molecule has 116 valence electrons. The summed E-state index contributed by atoms with van der Waals surface area (Å²) in [7, 11) is 3.09. The number of amides is 2. The number of halogens is 1. The largest absolute Gasteiger partial charge is 0.494 e. The predicted octanol–water partition coefficient (Wildman–Crippen LogP) is 3.18. The van der Waals surface area contributed by atoms with Gasteiger partial charge in [-0.05, 0) is 23.3 Å². The molecule has 0 radical (unpaired) electrons. The molecular weight excluding hydrogens is 283 g/mol. The summed E-state index contributed by atoms with van der Waals surface area (Å²) >= 11 is 0. The van der Waals surface area contributed by atoms with Gasteiger partial charge in [-0.2, -0.15) is 0 Å². The first-order valence-electron chi connectivity index (χ1n) is 6.95. The number of carbonyl (C=O) groups is 1. The van der Waals surface area contributed by atoms with Gasteiger partial charge in [0.05, 0.1) is 7.11 Å². The highest BCUT2D eigenvalue weighted by Gasteiger charge is 2.10. The van der Waals surface area contributed by atoms with E-state index in [-0.39, 0.29) is 11.8 Å². The van der Waals surface area contributed by atoms with Crippen LogP contribution in [0.3, 0.4) is 0 Å². The molecule has 2 aromatic carbocycles. The maximum absolute atomic E-state index is 13.6. The number of ether oxygens (including phenoxy) is 1. The maximum atomic E-state index is 13.6. The number of hydrogen-bond donors (Lipinski definition) is 1. The van der Waals surface area contributed by atoms with E-state index < -0.39 is 5.82 Å². The molecule has 2 amide bonds. The minimum Gasteiger partial charge on any atom is -0.494 e. The van der Waals surface area contributed by atoms with E-state index in [1.54, 1.807) is 19.2 Å². The van der Waals surface area contributed by atoms with Crippen LogP contribution in [0, 0.1) is 5.82 Å². The van der Waals surface area contributed by atoms with Gasteiger partial charge < -0.3 is 15.0 Å². The highest BCUT2D eigenvalue weighted by atomic mass is 19.1. The van der Waals surface area contributed by atoms with Crippen LogP contribution in [0.5, 0.6) is 5.75 Å². The third-order valence-corrected chi connectivity index (χ3v) is 3.27. The van der Waals surface area contributed by atoms with Crippen molar-refractivity contribution < 1.29 is 13.9 Å². The molecule has 0 aromatic heterocycles. The Morgan fingerprint density at radius 3 is 2.55 bits per heavy atom. The molecule has 2 rings (SSSR count). The number of rotatable bonds is 5. The lowest BCUT2D eigenvalue weighted by Crippen LogP contribution is -2.36. The minimum absolute atomic E-state index is 0.194. The van der Waals surface area contributed by atoms with Crippen molar-refractivity contribution in [2.75, 3.05) is 14.2 Å². The molecule has 0 saturated carbocycles. The van der Waals surface area contributed by atoms with Crippen LogP contribution in [0.2, 0.25) is 0 Å². The molecule has 2 aromatic rings. The monoisotopic (exact) mass is 302 g/mol. The summed E-state index contributed by atoms with van der Waals surface area (Å²) in [6, 6.07) is 14.1. The van der Waals surface area contributed by atoms with E-state index in [9.17, 15) is 9.18 Å². The molecule has 0 bridgehead atoms. The Labute approximate surface area is 129 Å². The van der Waals surface area contributed by atoms with Crippen molar-refractivity contribution in [3.63, 3.8) is 0 Å². The van der Waals surface area contributed by atoms with Crippen LogP contribution in [0.1, 0.15) is 11.1 Å². The molecule has 5 heteroatoms. The normalized spacial score (nSPS) is 10.1. The number of urea groups is 1. The average molecular weight is 302 g/mol.